The van der Waals surface area contributed by atoms with Gasteiger partial charge in [-0.15, -0.1) is 0 Å². The molecule has 1 aromatic carbocycles. The van der Waals surface area contributed by atoms with E-state index in [1.165, 1.54) is 0 Å². The lowest BCUT2D eigenvalue weighted by atomic mass is 10.3. The summed E-state index contributed by atoms with van der Waals surface area (Å²) >= 11 is 3.32. The van der Waals surface area contributed by atoms with Crippen LogP contribution in [0.5, 0.6) is 0 Å². The lowest BCUT2D eigenvalue weighted by Crippen LogP contribution is -2.05. The minimum absolute atomic E-state index is 0.573. The fourth-order valence-corrected chi connectivity index (χ4v) is 2.79. The van der Waals surface area contributed by atoms with Gasteiger partial charge in [-0.1, -0.05) is 15.9 Å². The van der Waals surface area contributed by atoms with Crippen molar-refractivity contribution < 1.29 is 8.95 Å². The van der Waals surface area contributed by atoms with Gasteiger partial charge in [0.25, 0.3) is 0 Å². The monoisotopic (exact) mass is 305 g/mol. The van der Waals surface area contributed by atoms with Gasteiger partial charge in [-0.2, -0.15) is 0 Å². The first kappa shape index (κ1) is 13.7. The van der Waals surface area contributed by atoms with Gasteiger partial charge in [-0.25, -0.2) is 0 Å². The number of halogens is 1. The molecule has 0 aliphatic rings. The number of hydrogen-bond donors (Lipinski definition) is 1. The molecular formula is C11H16BrNO2S. The van der Waals surface area contributed by atoms with Gasteiger partial charge in [0.1, 0.15) is 0 Å². The van der Waals surface area contributed by atoms with Gasteiger partial charge in [0.2, 0.25) is 0 Å². The van der Waals surface area contributed by atoms with Crippen molar-refractivity contribution in [2.45, 2.75) is 18.2 Å². The van der Waals surface area contributed by atoms with Crippen LogP contribution in [0, 0.1) is 0 Å². The van der Waals surface area contributed by atoms with Crippen molar-refractivity contribution in [3.05, 3.63) is 22.7 Å². The maximum absolute atomic E-state index is 11.9. The van der Waals surface area contributed by atoms with Crippen LogP contribution in [-0.4, -0.2) is 23.2 Å². The van der Waals surface area contributed by atoms with Crippen molar-refractivity contribution in [1.82, 2.24) is 0 Å². The van der Waals surface area contributed by atoms with Crippen LogP contribution in [0.25, 0.3) is 0 Å². The third kappa shape index (κ3) is 4.23. The van der Waals surface area contributed by atoms with E-state index in [0.717, 1.165) is 10.9 Å². The Balaban J connectivity index is 2.53. The van der Waals surface area contributed by atoms with Crippen LogP contribution in [-0.2, 0) is 15.5 Å². The maximum atomic E-state index is 11.9. The number of benzene rings is 1. The van der Waals surface area contributed by atoms with E-state index in [1.54, 1.807) is 12.1 Å². The second-order valence-electron chi connectivity index (χ2n) is 3.28. The van der Waals surface area contributed by atoms with Crippen LogP contribution in [0.2, 0.25) is 0 Å². The number of rotatable bonds is 6. The number of nitrogens with two attached hydrogens (primary N) is 1. The summed E-state index contributed by atoms with van der Waals surface area (Å²) in [5.74, 6) is 0.589. The average molecular weight is 306 g/mol. The molecule has 1 aromatic rings. The summed E-state index contributed by atoms with van der Waals surface area (Å²) < 4.78 is 18.0. The minimum atomic E-state index is -1.03. The predicted octanol–water partition coefficient (Wildman–Crippen LogP) is 2.57. The van der Waals surface area contributed by atoms with Crippen molar-refractivity contribution in [3.63, 3.8) is 0 Å². The Kier molecular flexibility index (Phi) is 6.01. The molecule has 0 radical (unpaired) electrons. The molecule has 16 heavy (non-hydrogen) atoms. The van der Waals surface area contributed by atoms with E-state index in [-0.39, 0.29) is 0 Å². The van der Waals surface area contributed by atoms with Crippen LogP contribution in [0.4, 0.5) is 5.69 Å². The zero-order valence-corrected chi connectivity index (χ0v) is 11.6. The summed E-state index contributed by atoms with van der Waals surface area (Å²) in [5.41, 5.74) is 6.37. The van der Waals surface area contributed by atoms with Gasteiger partial charge in [-0.05, 0) is 31.5 Å². The molecular weight excluding hydrogens is 290 g/mol. The number of anilines is 1. The molecule has 1 atom stereocenters. The summed E-state index contributed by atoms with van der Waals surface area (Å²) in [6, 6.07) is 5.43. The molecule has 5 heteroatoms. The van der Waals surface area contributed by atoms with Crippen LogP contribution in [0.3, 0.4) is 0 Å². The SMILES string of the molecule is CCOCCCS(=O)c1ccc(Br)cc1N. The first-order valence-electron chi connectivity index (χ1n) is 5.16. The first-order chi connectivity index (χ1) is 7.65. The van der Waals surface area contributed by atoms with Crippen LogP contribution < -0.4 is 5.73 Å². The highest BCUT2D eigenvalue weighted by Gasteiger charge is 2.07. The average Bonchev–Trinajstić information content (AvgIpc) is 2.24. The molecule has 3 nitrogen and oxygen atoms in total. The molecule has 2 N–H and O–H groups in total. The Bertz CT molecular complexity index is 371. The first-order valence-corrected chi connectivity index (χ1v) is 7.27. The second kappa shape index (κ2) is 7.04. The molecule has 0 amide bonds. The highest BCUT2D eigenvalue weighted by molar-refractivity contribution is 9.10. The van der Waals surface area contributed by atoms with Crippen molar-refractivity contribution in [2.24, 2.45) is 0 Å². The molecule has 1 rings (SSSR count). The zero-order valence-electron chi connectivity index (χ0n) is 9.24. The van der Waals surface area contributed by atoms with Crippen LogP contribution >= 0.6 is 15.9 Å². The molecule has 90 valence electrons. The van der Waals surface area contributed by atoms with Crippen LogP contribution in [0.1, 0.15) is 13.3 Å². The van der Waals surface area contributed by atoms with E-state index in [0.29, 0.717) is 29.5 Å². The fraction of sp³-hybridized carbons (Fsp3) is 0.455. The molecule has 0 fully saturated rings. The topological polar surface area (TPSA) is 52.3 Å². The summed E-state index contributed by atoms with van der Waals surface area (Å²) in [7, 11) is -1.03. The van der Waals surface area contributed by atoms with E-state index >= 15 is 0 Å². The highest BCUT2D eigenvalue weighted by Crippen LogP contribution is 2.21. The Morgan fingerprint density at radius 1 is 1.50 bits per heavy atom. The van der Waals surface area contributed by atoms with E-state index < -0.39 is 10.8 Å². The molecule has 0 aliphatic carbocycles. The largest absolute Gasteiger partial charge is 0.398 e. The lowest BCUT2D eigenvalue weighted by molar-refractivity contribution is 0.149. The minimum Gasteiger partial charge on any atom is -0.398 e. The number of hydrogen-bond acceptors (Lipinski definition) is 3. The van der Waals surface area contributed by atoms with Gasteiger partial charge < -0.3 is 10.5 Å². The van der Waals surface area contributed by atoms with Crippen LogP contribution in [0.15, 0.2) is 27.6 Å². The fourth-order valence-electron chi connectivity index (χ4n) is 1.27. The second-order valence-corrected chi connectivity index (χ2v) is 5.74. The van der Waals surface area contributed by atoms with Crippen molar-refractivity contribution in [2.75, 3.05) is 24.7 Å². The highest BCUT2D eigenvalue weighted by atomic mass is 79.9. The molecule has 1 unspecified atom stereocenters. The smallest absolute Gasteiger partial charge is 0.0618 e. The standard InChI is InChI=1S/C11H16BrNO2S/c1-2-15-6-3-7-16(14)11-5-4-9(12)8-10(11)13/h4-5,8H,2-3,6-7,13H2,1H3. The van der Waals surface area contributed by atoms with Crippen molar-refractivity contribution in [3.8, 4) is 0 Å². The summed E-state index contributed by atoms with van der Waals surface area (Å²) in [6.45, 7) is 3.30. The maximum Gasteiger partial charge on any atom is 0.0618 e. The quantitative estimate of drug-likeness (QED) is 0.649. The van der Waals surface area contributed by atoms with E-state index in [9.17, 15) is 4.21 Å². The number of nitrogen functional groups attached to an aromatic ring is 1. The zero-order chi connectivity index (χ0) is 12.0. The molecule has 0 aromatic heterocycles. The Labute approximate surface area is 107 Å². The third-order valence-corrected chi connectivity index (χ3v) is 4.05. The Morgan fingerprint density at radius 2 is 2.25 bits per heavy atom. The van der Waals surface area contributed by atoms with Gasteiger partial charge in [0.05, 0.1) is 15.7 Å². The predicted molar refractivity (Wildman–Crippen MR) is 70.9 cm³/mol. The summed E-state index contributed by atoms with van der Waals surface area (Å²) in [6.07, 6.45) is 0.788. The molecule has 0 saturated carbocycles. The summed E-state index contributed by atoms with van der Waals surface area (Å²) in [5, 5.41) is 0. The molecule has 0 heterocycles. The van der Waals surface area contributed by atoms with E-state index in [4.69, 9.17) is 10.5 Å². The Morgan fingerprint density at radius 3 is 2.88 bits per heavy atom. The van der Waals surface area contributed by atoms with Crippen molar-refractivity contribution >= 4 is 32.4 Å². The molecule has 0 aliphatic heterocycles. The number of ether oxygens (including phenoxy) is 1. The van der Waals surface area contributed by atoms with E-state index in [2.05, 4.69) is 15.9 Å². The van der Waals surface area contributed by atoms with Crippen molar-refractivity contribution in [1.29, 1.82) is 0 Å². The van der Waals surface area contributed by atoms with Gasteiger partial charge in [0, 0.05) is 29.1 Å². The lowest BCUT2D eigenvalue weighted by Gasteiger charge is -2.06. The summed E-state index contributed by atoms with van der Waals surface area (Å²) in [4.78, 5) is 0.708. The molecule has 0 bridgehead atoms. The molecule has 0 spiro atoms. The third-order valence-electron chi connectivity index (χ3n) is 2.04. The van der Waals surface area contributed by atoms with Gasteiger partial charge >= 0.3 is 0 Å². The van der Waals surface area contributed by atoms with Gasteiger partial charge in [-0.3, -0.25) is 4.21 Å². The van der Waals surface area contributed by atoms with Gasteiger partial charge in [0.15, 0.2) is 0 Å². The Hall–Kier alpha value is -0.390. The normalized spacial score (nSPS) is 12.6. The van der Waals surface area contributed by atoms with E-state index in [1.807, 2.05) is 13.0 Å². The molecule has 0 saturated heterocycles.